The summed E-state index contributed by atoms with van der Waals surface area (Å²) >= 11 is -2.40. The monoisotopic (exact) mass is 1020 g/mol. The van der Waals surface area contributed by atoms with Gasteiger partial charge in [0.1, 0.15) is 0 Å². The van der Waals surface area contributed by atoms with Crippen molar-refractivity contribution in [3.63, 3.8) is 0 Å². The fourth-order valence-electron chi connectivity index (χ4n) is 11.1. The van der Waals surface area contributed by atoms with Crippen molar-refractivity contribution >= 4 is 64.1 Å². The van der Waals surface area contributed by atoms with Crippen molar-refractivity contribution in [2.45, 2.75) is 62.3 Å². The van der Waals surface area contributed by atoms with E-state index in [1.807, 2.05) is 0 Å². The molecule has 0 aliphatic rings. The van der Waals surface area contributed by atoms with Crippen LogP contribution >= 0.6 is 16.4 Å². The maximum absolute atomic E-state index is 3.45. The SMILES string of the molecule is Cc1ccccc1[PH](c1ccccc1C)(c1ccccc1C)[Pd]([PH](c1ccccc1C)(c1ccccc1C)c1ccccc1C)[PH](c1ccccc1C)(c1ccccc1C)c1ccccc1C. The summed E-state index contributed by atoms with van der Waals surface area (Å²) in [5.74, 6) is 0. The second kappa shape index (κ2) is 19.5. The van der Waals surface area contributed by atoms with Gasteiger partial charge in [0.2, 0.25) is 0 Å². The Hall–Kier alpha value is -5.07. The number of benzene rings is 9. The van der Waals surface area contributed by atoms with Crippen molar-refractivity contribution in [2.24, 2.45) is 0 Å². The number of rotatable bonds is 12. The van der Waals surface area contributed by atoms with Gasteiger partial charge in [0.25, 0.3) is 0 Å². The molecule has 0 bridgehead atoms. The Balaban J connectivity index is 1.80. The summed E-state index contributed by atoms with van der Waals surface area (Å²) < 4.78 is 0. The Morgan fingerprint density at radius 3 is 0.388 bits per heavy atom. The Morgan fingerprint density at radius 2 is 0.284 bits per heavy atom. The summed E-state index contributed by atoms with van der Waals surface area (Å²) in [5, 5.41) is 14.0. The molecule has 0 fully saturated rings. The van der Waals surface area contributed by atoms with E-state index in [0.29, 0.717) is 0 Å². The van der Waals surface area contributed by atoms with Gasteiger partial charge in [-0.25, -0.2) is 0 Å². The second-order valence-corrected chi connectivity index (χ2v) is 49.8. The minimum atomic E-state index is -3.45. The molecule has 9 rings (SSSR count). The average Bonchev–Trinajstić information content (AvgIpc) is 3.33. The van der Waals surface area contributed by atoms with E-state index >= 15 is 0 Å². The summed E-state index contributed by atoms with van der Waals surface area (Å²) in [6, 6.07) is 87.3. The molecule has 9 aromatic rings. The third-order valence-electron chi connectivity index (χ3n) is 14.2. The van der Waals surface area contributed by atoms with E-state index in [0.717, 1.165) is 0 Å². The van der Waals surface area contributed by atoms with Gasteiger partial charge in [-0.1, -0.05) is 0 Å². The van der Waals surface area contributed by atoms with Crippen LogP contribution in [-0.2, 0) is 15.3 Å². The standard InChI is InChI=1S/3C21H21P.Pd/c3*1-16-10-4-7-13-19(16)22(20-14-8-5-11-17(20)2)21-15-9-6-12-18(21)3;/h3*4-15H,1-3H3;/q;;;-3/p+3. The molecule has 0 unspecified atom stereocenters. The number of aryl methyl sites for hydroxylation is 9. The van der Waals surface area contributed by atoms with Gasteiger partial charge in [0, 0.05) is 0 Å². The predicted molar refractivity (Wildman–Crippen MR) is 302 cm³/mol. The van der Waals surface area contributed by atoms with Gasteiger partial charge < -0.3 is 0 Å². The molecule has 0 nitrogen and oxygen atoms in total. The zero-order valence-corrected chi connectivity index (χ0v) is 45.2. The van der Waals surface area contributed by atoms with E-state index in [-0.39, 0.29) is 0 Å². The van der Waals surface area contributed by atoms with Crippen molar-refractivity contribution in [1.29, 1.82) is 0 Å². The van der Waals surface area contributed by atoms with Crippen LogP contribution in [0.1, 0.15) is 50.1 Å². The first-order valence-corrected chi connectivity index (χ1v) is 36.1. The molecule has 0 aliphatic heterocycles. The molecule has 0 amide bonds. The zero-order chi connectivity index (χ0) is 46.9. The van der Waals surface area contributed by atoms with E-state index in [1.54, 1.807) is 47.7 Å². The first kappa shape index (κ1) is 47.0. The first-order chi connectivity index (χ1) is 32.5. The quantitative estimate of drug-likeness (QED) is 0.0845. The van der Waals surface area contributed by atoms with Crippen molar-refractivity contribution in [2.75, 3.05) is 0 Å². The van der Waals surface area contributed by atoms with Crippen LogP contribution in [0.25, 0.3) is 0 Å². The summed E-state index contributed by atoms with van der Waals surface area (Å²) in [5.41, 5.74) is 2.12. The van der Waals surface area contributed by atoms with Gasteiger partial charge in [-0.3, -0.25) is 0 Å². The summed E-state index contributed by atoms with van der Waals surface area (Å²) in [4.78, 5) is 0. The normalized spacial score (nSPS) is 12.9. The van der Waals surface area contributed by atoms with Gasteiger partial charge in [-0.2, -0.15) is 0 Å². The van der Waals surface area contributed by atoms with E-state index < -0.39 is 31.6 Å². The molecule has 0 N–H and O–H groups in total. The molecule has 9 aromatic carbocycles. The molecule has 0 saturated heterocycles. The van der Waals surface area contributed by atoms with E-state index in [2.05, 4.69) is 281 Å². The Morgan fingerprint density at radius 1 is 0.179 bits per heavy atom. The average molecular weight is 1020 g/mol. The maximum atomic E-state index is 2.61. The summed E-state index contributed by atoms with van der Waals surface area (Å²) in [6.07, 6.45) is 0. The number of hydrogen-bond donors (Lipinski definition) is 0. The van der Waals surface area contributed by atoms with E-state index in [9.17, 15) is 0 Å². The van der Waals surface area contributed by atoms with Crippen LogP contribution < -0.4 is 47.7 Å². The van der Waals surface area contributed by atoms with Crippen LogP contribution in [-0.4, -0.2) is 0 Å². The molecular formula is C63H66P3Pd. The van der Waals surface area contributed by atoms with Gasteiger partial charge in [0.15, 0.2) is 0 Å². The molecule has 4 heteroatoms. The third-order valence-corrected chi connectivity index (χ3v) is 74.1. The van der Waals surface area contributed by atoms with Gasteiger partial charge in [-0.15, -0.1) is 0 Å². The van der Waals surface area contributed by atoms with Crippen LogP contribution in [0.3, 0.4) is 0 Å². The molecule has 0 spiro atoms. The van der Waals surface area contributed by atoms with Gasteiger partial charge in [-0.05, 0) is 0 Å². The van der Waals surface area contributed by atoms with Crippen molar-refractivity contribution < 1.29 is 15.3 Å². The molecule has 67 heavy (non-hydrogen) atoms. The minimum absolute atomic E-state index is 1.39. The van der Waals surface area contributed by atoms with Gasteiger partial charge >= 0.3 is 410 Å². The van der Waals surface area contributed by atoms with E-state index in [1.165, 1.54) is 50.1 Å². The molecule has 0 aliphatic carbocycles. The predicted octanol–water partition coefficient (Wildman–Crippen LogP) is 12.3. The summed E-state index contributed by atoms with van der Waals surface area (Å²) in [6.45, 7) is 21.9. The van der Waals surface area contributed by atoms with Crippen LogP contribution in [0.15, 0.2) is 218 Å². The van der Waals surface area contributed by atoms with Crippen LogP contribution in [0.4, 0.5) is 0 Å². The molecule has 0 saturated carbocycles. The van der Waals surface area contributed by atoms with Gasteiger partial charge in [0.05, 0.1) is 0 Å². The summed E-state index contributed by atoms with van der Waals surface area (Å²) in [7, 11) is 0. The Bertz CT molecular complexity index is 2560. The molecule has 343 valence electrons. The molecule has 0 aromatic heterocycles. The fraction of sp³-hybridized carbons (Fsp3) is 0.143. The van der Waals surface area contributed by atoms with E-state index in [4.69, 9.17) is 0 Å². The fourth-order valence-corrected chi connectivity index (χ4v) is 102. The first-order valence-electron chi connectivity index (χ1n) is 23.7. The van der Waals surface area contributed by atoms with Crippen molar-refractivity contribution in [3.8, 4) is 0 Å². The molecule has 0 heterocycles. The van der Waals surface area contributed by atoms with Crippen LogP contribution in [0.5, 0.6) is 0 Å². The molecular weight excluding hydrogens is 956 g/mol. The topological polar surface area (TPSA) is 0 Å². The van der Waals surface area contributed by atoms with Crippen molar-refractivity contribution in [1.82, 2.24) is 0 Å². The Kier molecular flexibility index (Phi) is 13.7. The van der Waals surface area contributed by atoms with Crippen LogP contribution in [0, 0.1) is 62.3 Å². The van der Waals surface area contributed by atoms with Crippen molar-refractivity contribution in [3.05, 3.63) is 268 Å². The zero-order valence-electron chi connectivity index (χ0n) is 40.6. The second-order valence-electron chi connectivity index (χ2n) is 18.4. The molecule has 0 radical (unpaired) electrons. The van der Waals surface area contributed by atoms with Crippen LogP contribution in [0.2, 0.25) is 0 Å². The number of hydrogen-bond acceptors (Lipinski definition) is 0. The molecule has 0 atom stereocenters. The Labute approximate surface area is 407 Å². The third kappa shape index (κ3) is 7.69.